The standard InChI is InChI=1S/C50H80IN7O11S/c1-13-32(6)44(37(68-11)28-40(60)57-26-20-23-36(57)45(69-12)33(7)46(62)52-35(50(66)67)27-34-21-16-14-17-22-34)55(9)49(65)42(30(2)3)53-47(63)43(31(4)5)54(8)39(59)24-18-15-19-25-58-41(61)29-38(48(58)64)70-56(10)51/h14,16-17,21-22,30-33,35-38,42-45H,13,15,18-20,23-29H2,1-12H3,(H,52,62)(H,53,63)(H,66,67)/t32-,33+,35-,36-,37+,38?,42+,43-,44-,45+/m0/s1. The van der Waals surface area contributed by atoms with Crippen molar-refractivity contribution in [2.45, 2.75) is 160 Å². The number of halogens is 1. The van der Waals surface area contributed by atoms with E-state index in [0.717, 1.165) is 5.56 Å². The lowest BCUT2D eigenvalue weighted by molar-refractivity contribution is -0.149. The van der Waals surface area contributed by atoms with Crippen LogP contribution in [0.15, 0.2) is 30.3 Å². The normalized spacial score (nSPS) is 19.7. The number of amides is 7. The number of nitrogens with zero attached hydrogens (tertiary/aromatic N) is 5. The van der Waals surface area contributed by atoms with Gasteiger partial charge in [0.25, 0.3) is 0 Å². The minimum atomic E-state index is -1.16. The predicted octanol–water partition coefficient (Wildman–Crippen LogP) is 4.96. The van der Waals surface area contributed by atoms with Crippen molar-refractivity contribution in [2.24, 2.45) is 23.7 Å². The lowest BCUT2D eigenvalue weighted by Crippen LogP contribution is -2.60. The van der Waals surface area contributed by atoms with E-state index >= 15 is 0 Å². The summed E-state index contributed by atoms with van der Waals surface area (Å²) in [7, 11) is 8.04. The number of unbranched alkanes of at least 4 members (excludes halogenated alkanes) is 2. The van der Waals surface area contributed by atoms with Crippen LogP contribution in [0.1, 0.15) is 112 Å². The fraction of sp³-hybridized carbons (Fsp3) is 0.720. The molecule has 18 nitrogen and oxygen atoms in total. The first-order valence-corrected chi connectivity index (χ1v) is 26.5. The van der Waals surface area contributed by atoms with E-state index in [2.05, 4.69) is 33.5 Å². The van der Waals surface area contributed by atoms with Crippen LogP contribution in [0, 0.1) is 23.7 Å². The van der Waals surface area contributed by atoms with Gasteiger partial charge < -0.3 is 39.9 Å². The summed E-state index contributed by atoms with van der Waals surface area (Å²) in [5.41, 5.74) is 0.763. The lowest BCUT2D eigenvalue weighted by atomic mass is 9.89. The number of imide groups is 1. The van der Waals surface area contributed by atoms with Crippen molar-refractivity contribution >= 4 is 82.1 Å². The Kier molecular flexibility index (Phi) is 25.0. The van der Waals surface area contributed by atoms with Crippen LogP contribution in [0.25, 0.3) is 0 Å². The SMILES string of the molecule is CC[C@H](C)[C@@H]([C@@H](CC(=O)N1CCC[C@H]1[C@H](OC)[C@@H](C)C(=O)N[C@@H](Cc1ccccc1)C(=O)O)OC)N(C)C(=O)[C@H](NC(=O)[C@H](C(C)C)N(C)C(=O)CCCCCN1C(=O)CC(SN(C)I)C1=O)C(C)C. The van der Waals surface area contributed by atoms with E-state index in [4.69, 9.17) is 9.47 Å². The zero-order valence-electron chi connectivity index (χ0n) is 43.4. The Bertz CT molecular complexity index is 1930. The molecule has 0 radical (unpaired) electrons. The van der Waals surface area contributed by atoms with Crippen LogP contribution < -0.4 is 10.6 Å². The summed E-state index contributed by atoms with van der Waals surface area (Å²) in [6.45, 7) is 13.7. The molecule has 10 atom stereocenters. The van der Waals surface area contributed by atoms with Crippen LogP contribution in [0.5, 0.6) is 0 Å². The summed E-state index contributed by atoms with van der Waals surface area (Å²) < 4.78 is 13.7. The monoisotopic (exact) mass is 1110 g/mol. The number of carbonyl (C=O) groups is 8. The molecule has 1 aromatic carbocycles. The number of hydrogen-bond acceptors (Lipinski definition) is 12. The highest BCUT2D eigenvalue weighted by Crippen LogP contribution is 2.31. The highest BCUT2D eigenvalue weighted by atomic mass is 127. The van der Waals surface area contributed by atoms with Crippen molar-refractivity contribution in [3.8, 4) is 0 Å². The van der Waals surface area contributed by atoms with Crippen LogP contribution in [0.4, 0.5) is 0 Å². The smallest absolute Gasteiger partial charge is 0.326 e. The average Bonchev–Trinajstić information content (AvgIpc) is 3.90. The van der Waals surface area contributed by atoms with Gasteiger partial charge in [0.15, 0.2) is 0 Å². The van der Waals surface area contributed by atoms with Gasteiger partial charge in [-0.1, -0.05) is 104 Å². The molecule has 0 aliphatic carbocycles. The topological polar surface area (TPSA) is 216 Å². The summed E-state index contributed by atoms with van der Waals surface area (Å²) in [6, 6.07) is 4.96. The van der Waals surface area contributed by atoms with Crippen LogP contribution in [-0.4, -0.2) is 171 Å². The third-order valence-corrected chi connectivity index (χ3v) is 15.4. The maximum Gasteiger partial charge on any atom is 0.326 e. The number of likely N-dealkylation sites (tertiary alicyclic amines) is 2. The summed E-state index contributed by atoms with van der Waals surface area (Å²) in [6.07, 6.45) is 2.41. The second-order valence-electron chi connectivity index (χ2n) is 19.5. The molecule has 0 bridgehead atoms. The molecule has 1 unspecified atom stereocenters. The zero-order valence-corrected chi connectivity index (χ0v) is 46.3. The molecule has 0 saturated carbocycles. The molecule has 2 heterocycles. The van der Waals surface area contributed by atoms with Crippen molar-refractivity contribution in [1.29, 1.82) is 0 Å². The van der Waals surface area contributed by atoms with Gasteiger partial charge >= 0.3 is 5.97 Å². The minimum absolute atomic E-state index is 0.0828. The number of aliphatic carboxylic acids is 1. The van der Waals surface area contributed by atoms with E-state index in [0.29, 0.717) is 51.6 Å². The Hall–Kier alpha value is -3.86. The van der Waals surface area contributed by atoms with Crippen molar-refractivity contribution < 1.29 is 52.9 Å². The Morgan fingerprint density at radius 1 is 0.886 bits per heavy atom. The third-order valence-electron chi connectivity index (χ3n) is 13.8. The first-order chi connectivity index (χ1) is 33.0. The van der Waals surface area contributed by atoms with E-state index in [1.165, 1.54) is 36.0 Å². The van der Waals surface area contributed by atoms with Gasteiger partial charge in [0.2, 0.25) is 41.4 Å². The number of likely N-dealkylation sites (N-methyl/N-ethyl adjacent to an activating group) is 2. The predicted molar refractivity (Wildman–Crippen MR) is 277 cm³/mol. The lowest BCUT2D eigenvalue weighted by Gasteiger charge is -2.41. The number of benzene rings is 1. The van der Waals surface area contributed by atoms with Gasteiger partial charge in [-0.3, -0.25) is 38.5 Å². The molecular formula is C50H80IN7O11S. The first kappa shape index (κ1) is 60.4. The molecule has 2 fully saturated rings. The molecule has 394 valence electrons. The number of nitrogens with one attached hydrogen (secondary N) is 2. The van der Waals surface area contributed by atoms with Gasteiger partial charge in [0.05, 0.1) is 36.6 Å². The fourth-order valence-corrected chi connectivity index (χ4v) is 11.4. The molecule has 2 aliphatic heterocycles. The minimum Gasteiger partial charge on any atom is -0.480 e. The Balaban J connectivity index is 1.69. The summed E-state index contributed by atoms with van der Waals surface area (Å²) in [5.74, 6) is -4.94. The van der Waals surface area contributed by atoms with Gasteiger partial charge in [-0.15, -0.1) is 0 Å². The molecule has 70 heavy (non-hydrogen) atoms. The van der Waals surface area contributed by atoms with E-state index < -0.39 is 71.4 Å². The molecule has 3 N–H and O–H groups in total. The van der Waals surface area contributed by atoms with E-state index in [-0.39, 0.29) is 73.0 Å². The molecule has 7 amide bonds. The molecule has 20 heteroatoms. The number of methoxy groups -OCH3 is 2. The van der Waals surface area contributed by atoms with E-state index in [1.54, 1.807) is 57.6 Å². The maximum atomic E-state index is 14.6. The molecule has 0 spiro atoms. The number of hydrogen-bond donors (Lipinski definition) is 3. The number of carboxylic acids is 1. The molecule has 0 aromatic heterocycles. The van der Waals surface area contributed by atoms with E-state index in [1.807, 2.05) is 54.7 Å². The van der Waals surface area contributed by atoms with Crippen LogP contribution in [0.2, 0.25) is 0 Å². The average molecular weight is 1110 g/mol. The maximum absolute atomic E-state index is 14.6. The number of rotatable bonds is 29. The Morgan fingerprint density at radius 2 is 1.54 bits per heavy atom. The van der Waals surface area contributed by atoms with Crippen molar-refractivity contribution in [3.63, 3.8) is 0 Å². The van der Waals surface area contributed by atoms with E-state index in [9.17, 15) is 43.5 Å². The molecule has 2 saturated heterocycles. The molecule has 3 rings (SSSR count). The van der Waals surface area contributed by atoms with Gasteiger partial charge in [-0.2, -0.15) is 2.52 Å². The van der Waals surface area contributed by atoms with Gasteiger partial charge in [0, 0.05) is 90.6 Å². The van der Waals surface area contributed by atoms with Crippen molar-refractivity contribution in [2.75, 3.05) is 48.5 Å². The largest absolute Gasteiger partial charge is 0.480 e. The highest BCUT2D eigenvalue weighted by molar-refractivity contribution is 14.1. The fourth-order valence-electron chi connectivity index (χ4n) is 9.76. The second kappa shape index (κ2) is 29.0. The Morgan fingerprint density at radius 3 is 2.10 bits per heavy atom. The molecule has 2 aliphatic rings. The zero-order chi connectivity index (χ0) is 52.6. The summed E-state index contributed by atoms with van der Waals surface area (Å²) in [4.78, 5) is 114. The first-order valence-electron chi connectivity index (χ1n) is 24.7. The molecular weight excluding hydrogens is 1030 g/mol. The number of carbonyl (C=O) groups excluding carboxylic acids is 7. The quantitative estimate of drug-likeness (QED) is 0.0319. The van der Waals surface area contributed by atoms with Crippen LogP contribution in [-0.2, 0) is 54.3 Å². The number of carboxylic acid groups (broad SMARTS) is 1. The Labute approximate surface area is 434 Å². The van der Waals surface area contributed by atoms with Crippen molar-refractivity contribution in [1.82, 2.24) is 32.8 Å². The highest BCUT2D eigenvalue weighted by Gasteiger charge is 2.44. The van der Waals surface area contributed by atoms with Gasteiger partial charge in [-0.05, 0) is 49.0 Å². The molecule has 1 aromatic rings. The van der Waals surface area contributed by atoms with Crippen molar-refractivity contribution in [3.05, 3.63) is 35.9 Å². The van der Waals surface area contributed by atoms with Crippen LogP contribution in [0.3, 0.4) is 0 Å². The van der Waals surface area contributed by atoms with Gasteiger partial charge in [-0.25, -0.2) is 4.79 Å². The summed E-state index contributed by atoms with van der Waals surface area (Å²) >= 11 is 3.38. The number of ether oxygens (including phenoxy) is 2. The van der Waals surface area contributed by atoms with Gasteiger partial charge in [0.1, 0.15) is 23.4 Å². The summed E-state index contributed by atoms with van der Waals surface area (Å²) in [5, 5.41) is 15.2. The second-order valence-corrected chi connectivity index (χ2v) is 22.9. The van der Waals surface area contributed by atoms with Crippen LogP contribution >= 0.6 is 34.8 Å². The third kappa shape index (κ3) is 16.6.